The first kappa shape index (κ1) is 19.6. The first-order chi connectivity index (χ1) is 12.9. The number of carbonyl (C=O) groups is 2. The molecule has 3 rings (SSSR count). The molecule has 0 aliphatic carbocycles. The Balaban J connectivity index is 1.61. The Hall–Kier alpha value is -2.15. The lowest BCUT2D eigenvalue weighted by Gasteiger charge is -2.47. The fourth-order valence-electron chi connectivity index (χ4n) is 4.16. The van der Waals surface area contributed by atoms with Gasteiger partial charge in [-0.1, -0.05) is 0 Å². The second-order valence-corrected chi connectivity index (χ2v) is 7.72. The van der Waals surface area contributed by atoms with Crippen LogP contribution in [-0.4, -0.2) is 61.5 Å². The number of hydrogen-bond acceptors (Lipinski definition) is 5. The standard InChI is InChI=1S/C20H28N2O5/c1-15-12-16(23)13-17(27-15)19(25)21-9-6-20(7-10-21)5-4-18(24)22(14-20)8-3-11-26-2/h12-13H,3-11,14H2,1-2H3. The minimum absolute atomic E-state index is 0.0885. The van der Waals surface area contributed by atoms with Crippen LogP contribution in [0, 0.1) is 12.3 Å². The number of rotatable bonds is 5. The Morgan fingerprint density at radius 1 is 1.22 bits per heavy atom. The topological polar surface area (TPSA) is 80.1 Å². The Labute approximate surface area is 159 Å². The predicted molar refractivity (Wildman–Crippen MR) is 99.6 cm³/mol. The molecular formula is C20H28N2O5. The number of methoxy groups -OCH3 is 1. The summed E-state index contributed by atoms with van der Waals surface area (Å²) in [5.74, 6) is 0.541. The summed E-state index contributed by atoms with van der Waals surface area (Å²) in [5, 5.41) is 0. The van der Waals surface area contributed by atoms with Crippen molar-refractivity contribution in [1.82, 2.24) is 9.80 Å². The minimum atomic E-state index is -0.227. The molecule has 3 heterocycles. The van der Waals surface area contributed by atoms with E-state index in [2.05, 4.69) is 0 Å². The summed E-state index contributed by atoms with van der Waals surface area (Å²) in [6.07, 6.45) is 4.03. The highest BCUT2D eigenvalue weighted by Gasteiger charge is 2.41. The van der Waals surface area contributed by atoms with Gasteiger partial charge in [0, 0.05) is 58.4 Å². The molecule has 0 atom stereocenters. The molecule has 7 heteroatoms. The van der Waals surface area contributed by atoms with Gasteiger partial charge in [-0.25, -0.2) is 0 Å². The average Bonchev–Trinajstić information content (AvgIpc) is 2.64. The van der Waals surface area contributed by atoms with Crippen LogP contribution in [0.15, 0.2) is 21.3 Å². The summed E-state index contributed by atoms with van der Waals surface area (Å²) >= 11 is 0. The van der Waals surface area contributed by atoms with Crippen molar-refractivity contribution >= 4 is 11.8 Å². The lowest BCUT2D eigenvalue weighted by atomic mass is 9.72. The molecule has 0 unspecified atom stereocenters. The molecule has 2 saturated heterocycles. The first-order valence-electron chi connectivity index (χ1n) is 9.60. The van der Waals surface area contributed by atoms with Crippen LogP contribution in [0.5, 0.6) is 0 Å². The fourth-order valence-corrected chi connectivity index (χ4v) is 4.16. The second kappa shape index (κ2) is 8.25. The van der Waals surface area contributed by atoms with E-state index in [0.29, 0.717) is 31.9 Å². The van der Waals surface area contributed by atoms with E-state index < -0.39 is 0 Å². The zero-order valence-corrected chi connectivity index (χ0v) is 16.2. The molecule has 1 aromatic heterocycles. The number of carbonyl (C=O) groups excluding carboxylic acids is 2. The number of ether oxygens (including phenoxy) is 1. The number of aryl methyl sites for hydroxylation is 1. The highest BCUT2D eigenvalue weighted by molar-refractivity contribution is 5.91. The van der Waals surface area contributed by atoms with E-state index in [1.165, 1.54) is 12.1 Å². The van der Waals surface area contributed by atoms with Gasteiger partial charge >= 0.3 is 0 Å². The van der Waals surface area contributed by atoms with Gasteiger partial charge < -0.3 is 19.0 Å². The zero-order chi connectivity index (χ0) is 19.4. The van der Waals surface area contributed by atoms with E-state index in [4.69, 9.17) is 9.15 Å². The van der Waals surface area contributed by atoms with Crippen LogP contribution < -0.4 is 5.43 Å². The number of piperidine rings is 2. The molecule has 0 N–H and O–H groups in total. The van der Waals surface area contributed by atoms with Gasteiger partial charge in [0.05, 0.1) is 0 Å². The molecule has 7 nitrogen and oxygen atoms in total. The molecule has 27 heavy (non-hydrogen) atoms. The smallest absolute Gasteiger partial charge is 0.289 e. The third-order valence-corrected chi connectivity index (χ3v) is 5.74. The van der Waals surface area contributed by atoms with Crippen LogP contribution >= 0.6 is 0 Å². The molecule has 0 saturated carbocycles. The van der Waals surface area contributed by atoms with Gasteiger partial charge in [-0.3, -0.25) is 14.4 Å². The third kappa shape index (κ3) is 4.58. The highest BCUT2D eigenvalue weighted by atomic mass is 16.5. The maximum Gasteiger partial charge on any atom is 0.289 e. The van der Waals surface area contributed by atoms with Crippen LogP contribution in [0.3, 0.4) is 0 Å². The zero-order valence-electron chi connectivity index (χ0n) is 16.2. The first-order valence-corrected chi connectivity index (χ1v) is 9.60. The quantitative estimate of drug-likeness (QED) is 0.733. The molecular weight excluding hydrogens is 348 g/mol. The summed E-state index contributed by atoms with van der Waals surface area (Å²) in [6, 6.07) is 2.63. The van der Waals surface area contributed by atoms with Crippen molar-refractivity contribution < 1.29 is 18.7 Å². The van der Waals surface area contributed by atoms with Crippen LogP contribution in [0.1, 0.15) is 48.4 Å². The Morgan fingerprint density at radius 3 is 2.63 bits per heavy atom. The maximum absolute atomic E-state index is 12.7. The summed E-state index contributed by atoms with van der Waals surface area (Å²) in [7, 11) is 1.67. The minimum Gasteiger partial charge on any atom is -0.456 e. The van der Waals surface area contributed by atoms with E-state index in [1.807, 2.05) is 4.90 Å². The number of likely N-dealkylation sites (tertiary alicyclic amines) is 2. The fraction of sp³-hybridized carbons (Fsp3) is 0.650. The second-order valence-electron chi connectivity index (χ2n) is 7.72. The molecule has 148 valence electrons. The average molecular weight is 376 g/mol. The van der Waals surface area contributed by atoms with Gasteiger partial charge in [0.15, 0.2) is 11.2 Å². The SMILES string of the molecule is COCCCN1CC2(CCC1=O)CCN(C(=O)c1cc(=O)cc(C)o1)CC2. The van der Waals surface area contributed by atoms with Crippen molar-refractivity contribution in [2.45, 2.75) is 39.0 Å². The van der Waals surface area contributed by atoms with E-state index in [1.54, 1.807) is 18.9 Å². The van der Waals surface area contributed by atoms with Crippen molar-refractivity contribution in [3.05, 3.63) is 33.9 Å². The number of nitrogens with zero attached hydrogens (tertiary/aromatic N) is 2. The normalized spacial score (nSPS) is 19.6. The van der Waals surface area contributed by atoms with E-state index in [9.17, 15) is 14.4 Å². The third-order valence-electron chi connectivity index (χ3n) is 5.74. The van der Waals surface area contributed by atoms with Gasteiger partial charge in [0.25, 0.3) is 5.91 Å². The van der Waals surface area contributed by atoms with Gasteiger partial charge in [-0.05, 0) is 38.0 Å². The summed E-state index contributed by atoms with van der Waals surface area (Å²) in [4.78, 5) is 40.3. The largest absolute Gasteiger partial charge is 0.456 e. The van der Waals surface area contributed by atoms with Gasteiger partial charge in [-0.2, -0.15) is 0 Å². The van der Waals surface area contributed by atoms with Crippen LogP contribution in [0.4, 0.5) is 0 Å². The van der Waals surface area contributed by atoms with E-state index in [0.717, 1.165) is 38.8 Å². The van der Waals surface area contributed by atoms with Crippen LogP contribution in [0.25, 0.3) is 0 Å². The summed E-state index contributed by atoms with van der Waals surface area (Å²) < 4.78 is 10.5. The molecule has 1 aromatic rings. The van der Waals surface area contributed by atoms with Gasteiger partial charge in [0.2, 0.25) is 5.91 Å². The van der Waals surface area contributed by atoms with Gasteiger partial charge in [0.1, 0.15) is 5.76 Å². The Bertz CT molecular complexity index is 749. The van der Waals surface area contributed by atoms with Crippen LogP contribution in [-0.2, 0) is 9.53 Å². The molecule has 0 radical (unpaired) electrons. The van der Waals surface area contributed by atoms with E-state index >= 15 is 0 Å². The molecule has 2 fully saturated rings. The summed E-state index contributed by atoms with van der Waals surface area (Å²) in [5.41, 5.74) is -0.126. The van der Waals surface area contributed by atoms with Crippen molar-refractivity contribution in [3.63, 3.8) is 0 Å². The monoisotopic (exact) mass is 376 g/mol. The lowest BCUT2D eigenvalue weighted by molar-refractivity contribution is -0.139. The molecule has 1 spiro atoms. The summed E-state index contributed by atoms with van der Waals surface area (Å²) in [6.45, 7) is 5.05. The lowest BCUT2D eigenvalue weighted by Crippen LogP contribution is -2.52. The highest BCUT2D eigenvalue weighted by Crippen LogP contribution is 2.40. The predicted octanol–water partition coefficient (Wildman–Crippen LogP) is 1.83. The molecule has 2 aliphatic heterocycles. The van der Waals surface area contributed by atoms with Crippen molar-refractivity contribution in [1.29, 1.82) is 0 Å². The van der Waals surface area contributed by atoms with Crippen LogP contribution in [0.2, 0.25) is 0 Å². The molecule has 0 bridgehead atoms. The van der Waals surface area contributed by atoms with Crippen molar-refractivity contribution in [2.24, 2.45) is 5.41 Å². The maximum atomic E-state index is 12.7. The Morgan fingerprint density at radius 2 is 1.96 bits per heavy atom. The number of hydrogen-bond donors (Lipinski definition) is 0. The van der Waals surface area contributed by atoms with Gasteiger partial charge in [-0.15, -0.1) is 0 Å². The van der Waals surface area contributed by atoms with E-state index in [-0.39, 0.29) is 28.4 Å². The number of amides is 2. The molecule has 0 aromatic carbocycles. The molecule has 2 aliphatic rings. The van der Waals surface area contributed by atoms with Crippen molar-refractivity contribution in [3.8, 4) is 0 Å². The van der Waals surface area contributed by atoms with Crippen molar-refractivity contribution in [2.75, 3.05) is 39.9 Å². The Kier molecular flexibility index (Phi) is 5.99. The molecule has 2 amide bonds.